The summed E-state index contributed by atoms with van der Waals surface area (Å²) in [6.07, 6.45) is 1.48. The number of anilines is 1. The minimum atomic E-state index is -3.75. The van der Waals surface area contributed by atoms with Crippen LogP contribution < -0.4 is 10.5 Å². The molecule has 1 heterocycles. The van der Waals surface area contributed by atoms with E-state index in [1.807, 2.05) is 0 Å². The van der Waals surface area contributed by atoms with E-state index in [9.17, 15) is 8.42 Å². The molecule has 2 N–H and O–H groups in total. The van der Waals surface area contributed by atoms with Gasteiger partial charge in [0.25, 0.3) is 10.0 Å². The Morgan fingerprint density at radius 3 is 2.52 bits per heavy atom. The number of methoxy groups -OCH3 is 1. The van der Waals surface area contributed by atoms with Gasteiger partial charge in [0, 0.05) is 11.1 Å². The van der Waals surface area contributed by atoms with Crippen LogP contribution in [0.15, 0.2) is 53.6 Å². The molecular weight excluding hydrogens is 290 g/mol. The zero-order chi connectivity index (χ0) is 15.0. The summed E-state index contributed by atoms with van der Waals surface area (Å²) in [6.45, 7) is 0. The summed E-state index contributed by atoms with van der Waals surface area (Å²) < 4.78 is 31.3. The van der Waals surface area contributed by atoms with Crippen LogP contribution in [0.2, 0.25) is 0 Å². The zero-order valence-electron chi connectivity index (χ0n) is 11.2. The molecule has 0 amide bonds. The number of fused-ring (bicyclic) bond motifs is 1. The molecule has 0 spiro atoms. The fraction of sp³-hybridized carbons (Fsp3) is 0.0714. The maximum absolute atomic E-state index is 12.6. The van der Waals surface area contributed by atoms with Gasteiger partial charge in [0.15, 0.2) is 0 Å². The van der Waals surface area contributed by atoms with E-state index >= 15 is 0 Å². The molecule has 2 aromatic carbocycles. The number of nitrogens with zero attached hydrogens (tertiary/aromatic N) is 2. The monoisotopic (exact) mass is 303 g/mol. The Hall–Kier alpha value is -2.54. The Morgan fingerprint density at radius 2 is 1.86 bits per heavy atom. The minimum absolute atomic E-state index is 0.144. The third-order valence-corrected chi connectivity index (χ3v) is 4.76. The zero-order valence-corrected chi connectivity index (χ0v) is 12.0. The maximum Gasteiger partial charge on any atom is 0.283 e. The second-order valence-electron chi connectivity index (χ2n) is 4.49. The van der Waals surface area contributed by atoms with Crippen molar-refractivity contribution in [3.63, 3.8) is 0 Å². The van der Waals surface area contributed by atoms with Gasteiger partial charge in [-0.2, -0.15) is 17.6 Å². The van der Waals surface area contributed by atoms with Gasteiger partial charge in [0.05, 0.1) is 23.7 Å². The molecule has 3 rings (SSSR count). The summed E-state index contributed by atoms with van der Waals surface area (Å²) >= 11 is 0. The SMILES string of the molecule is COc1ccc(S(=O)(=O)n2ncc3cc(N)ccc32)cc1. The lowest BCUT2D eigenvalue weighted by Crippen LogP contribution is -2.14. The first-order chi connectivity index (χ1) is 10.0. The molecular formula is C14H13N3O3S. The van der Waals surface area contributed by atoms with Gasteiger partial charge < -0.3 is 10.5 Å². The Labute approximate surface area is 121 Å². The molecule has 3 aromatic rings. The molecule has 0 aliphatic rings. The van der Waals surface area contributed by atoms with Crippen LogP contribution in [-0.4, -0.2) is 24.7 Å². The summed E-state index contributed by atoms with van der Waals surface area (Å²) in [5.74, 6) is 0.590. The van der Waals surface area contributed by atoms with Crippen LogP contribution in [0.3, 0.4) is 0 Å². The van der Waals surface area contributed by atoms with E-state index in [0.717, 1.165) is 4.09 Å². The lowest BCUT2D eigenvalue weighted by Gasteiger charge is -2.07. The highest BCUT2D eigenvalue weighted by Crippen LogP contribution is 2.23. The molecule has 1 aromatic heterocycles. The van der Waals surface area contributed by atoms with Gasteiger partial charge in [-0.1, -0.05) is 0 Å². The summed E-state index contributed by atoms with van der Waals surface area (Å²) in [4.78, 5) is 0.144. The van der Waals surface area contributed by atoms with Gasteiger partial charge in [0.1, 0.15) is 5.75 Å². The predicted molar refractivity (Wildman–Crippen MR) is 79.7 cm³/mol. The first kappa shape index (κ1) is 13.4. The van der Waals surface area contributed by atoms with Gasteiger partial charge in [-0.15, -0.1) is 0 Å². The number of hydrogen-bond donors (Lipinski definition) is 1. The molecule has 0 saturated heterocycles. The van der Waals surface area contributed by atoms with Gasteiger partial charge in [0.2, 0.25) is 0 Å². The predicted octanol–water partition coefficient (Wildman–Crippen LogP) is 1.86. The lowest BCUT2D eigenvalue weighted by molar-refractivity contribution is 0.414. The molecule has 0 unspecified atom stereocenters. The van der Waals surface area contributed by atoms with Gasteiger partial charge in [-0.25, -0.2) is 0 Å². The summed E-state index contributed by atoms with van der Waals surface area (Å²) in [5, 5.41) is 4.64. The van der Waals surface area contributed by atoms with E-state index in [1.165, 1.54) is 25.4 Å². The molecule has 7 heteroatoms. The van der Waals surface area contributed by atoms with Crippen LogP contribution in [0.4, 0.5) is 5.69 Å². The topological polar surface area (TPSA) is 87.2 Å². The van der Waals surface area contributed by atoms with Crippen molar-refractivity contribution in [1.82, 2.24) is 9.19 Å². The second kappa shape index (κ2) is 4.78. The summed E-state index contributed by atoms with van der Waals surface area (Å²) in [5.41, 5.74) is 6.73. The highest BCUT2D eigenvalue weighted by Gasteiger charge is 2.20. The van der Waals surface area contributed by atoms with Crippen molar-refractivity contribution in [3.05, 3.63) is 48.7 Å². The molecule has 6 nitrogen and oxygen atoms in total. The molecule has 0 atom stereocenters. The van der Waals surface area contributed by atoms with Crippen molar-refractivity contribution in [2.45, 2.75) is 4.90 Å². The van der Waals surface area contributed by atoms with Crippen molar-refractivity contribution in [3.8, 4) is 5.75 Å². The maximum atomic E-state index is 12.6. The molecule has 0 aliphatic carbocycles. The highest BCUT2D eigenvalue weighted by molar-refractivity contribution is 7.90. The number of rotatable bonds is 3. The third kappa shape index (κ3) is 2.21. The van der Waals surface area contributed by atoms with E-state index in [2.05, 4.69) is 5.10 Å². The van der Waals surface area contributed by atoms with E-state index in [0.29, 0.717) is 22.3 Å². The Kier molecular flexibility index (Phi) is 3.06. The second-order valence-corrected chi connectivity index (χ2v) is 6.25. The first-order valence-electron chi connectivity index (χ1n) is 6.15. The molecule has 0 bridgehead atoms. The standard InChI is InChI=1S/C14H13N3O3S/c1-20-12-3-5-13(6-4-12)21(18,19)17-14-7-2-11(15)8-10(14)9-16-17/h2-9H,15H2,1H3. The van der Waals surface area contributed by atoms with Crippen molar-refractivity contribution >= 4 is 26.6 Å². The normalized spacial score (nSPS) is 11.7. The Bertz CT molecular complexity index is 899. The van der Waals surface area contributed by atoms with Crippen molar-refractivity contribution < 1.29 is 13.2 Å². The van der Waals surface area contributed by atoms with Gasteiger partial charge in [-0.3, -0.25) is 0 Å². The van der Waals surface area contributed by atoms with E-state index < -0.39 is 10.0 Å². The van der Waals surface area contributed by atoms with E-state index in [-0.39, 0.29) is 4.90 Å². The number of hydrogen-bond acceptors (Lipinski definition) is 5. The smallest absolute Gasteiger partial charge is 0.283 e. The van der Waals surface area contributed by atoms with Crippen LogP contribution in [0.5, 0.6) is 5.75 Å². The number of nitrogens with two attached hydrogens (primary N) is 1. The van der Waals surface area contributed by atoms with Gasteiger partial charge in [-0.05, 0) is 42.5 Å². The van der Waals surface area contributed by atoms with E-state index in [4.69, 9.17) is 10.5 Å². The van der Waals surface area contributed by atoms with Crippen LogP contribution in [0, 0.1) is 0 Å². The largest absolute Gasteiger partial charge is 0.497 e. The van der Waals surface area contributed by atoms with Crippen LogP contribution in [0.25, 0.3) is 10.9 Å². The van der Waals surface area contributed by atoms with Gasteiger partial charge >= 0.3 is 0 Å². The molecule has 0 fully saturated rings. The molecule has 0 saturated carbocycles. The first-order valence-corrected chi connectivity index (χ1v) is 7.59. The van der Waals surface area contributed by atoms with Crippen LogP contribution in [0.1, 0.15) is 0 Å². The summed E-state index contributed by atoms with van der Waals surface area (Å²) in [6, 6.07) is 11.1. The van der Waals surface area contributed by atoms with Crippen molar-refractivity contribution in [2.75, 3.05) is 12.8 Å². The molecule has 0 aliphatic heterocycles. The molecule has 21 heavy (non-hydrogen) atoms. The van der Waals surface area contributed by atoms with Crippen molar-refractivity contribution in [2.24, 2.45) is 0 Å². The Morgan fingerprint density at radius 1 is 1.14 bits per heavy atom. The molecule has 0 radical (unpaired) electrons. The Balaban J connectivity index is 2.15. The average Bonchev–Trinajstić information content (AvgIpc) is 2.91. The fourth-order valence-electron chi connectivity index (χ4n) is 2.07. The van der Waals surface area contributed by atoms with Crippen LogP contribution in [-0.2, 0) is 10.0 Å². The number of nitrogen functional groups attached to an aromatic ring is 1. The average molecular weight is 303 g/mol. The lowest BCUT2D eigenvalue weighted by atomic mass is 10.2. The number of ether oxygens (including phenoxy) is 1. The summed E-state index contributed by atoms with van der Waals surface area (Å²) in [7, 11) is -2.23. The highest BCUT2D eigenvalue weighted by atomic mass is 32.2. The fourth-order valence-corrected chi connectivity index (χ4v) is 3.34. The quantitative estimate of drug-likeness (QED) is 0.746. The molecule has 108 valence electrons. The minimum Gasteiger partial charge on any atom is -0.497 e. The van der Waals surface area contributed by atoms with Crippen molar-refractivity contribution in [1.29, 1.82) is 0 Å². The third-order valence-electron chi connectivity index (χ3n) is 3.14. The van der Waals surface area contributed by atoms with Crippen LogP contribution >= 0.6 is 0 Å². The number of benzene rings is 2. The number of aromatic nitrogens is 2. The van der Waals surface area contributed by atoms with E-state index in [1.54, 1.807) is 30.3 Å².